The Kier molecular flexibility index (Phi) is 5.05. The van der Waals surface area contributed by atoms with Crippen molar-refractivity contribution in [1.82, 2.24) is 0 Å². The van der Waals surface area contributed by atoms with Crippen molar-refractivity contribution >= 4 is 54.7 Å². The Morgan fingerprint density at radius 1 is 1.20 bits per heavy atom. The van der Waals surface area contributed by atoms with Crippen LogP contribution in [0.5, 0.6) is 0 Å². The average Bonchev–Trinajstić information content (AvgIpc) is 2.78. The summed E-state index contributed by atoms with van der Waals surface area (Å²) >= 11 is 4.65. The van der Waals surface area contributed by atoms with Gasteiger partial charge in [-0.15, -0.1) is 11.3 Å². The van der Waals surface area contributed by atoms with Gasteiger partial charge in [-0.05, 0) is 51.6 Å². The van der Waals surface area contributed by atoms with Crippen molar-refractivity contribution in [3.8, 4) is 0 Å². The first-order valence-electron chi connectivity index (χ1n) is 5.19. The summed E-state index contributed by atoms with van der Waals surface area (Å²) in [7, 11) is -3.67. The Bertz CT molecular complexity index is 686. The third-order valence-electron chi connectivity index (χ3n) is 2.16. The van der Waals surface area contributed by atoms with Crippen molar-refractivity contribution in [2.24, 2.45) is 0 Å². The van der Waals surface area contributed by atoms with Gasteiger partial charge < -0.3 is 0 Å². The van der Waals surface area contributed by atoms with Crippen molar-refractivity contribution in [3.63, 3.8) is 0 Å². The number of hydrogen-bond acceptors (Lipinski definition) is 4. The Morgan fingerprint density at radius 2 is 1.85 bits per heavy atom. The molecule has 0 saturated heterocycles. The lowest BCUT2D eigenvalue weighted by molar-refractivity contribution is 0.252. The predicted octanol–water partition coefficient (Wildman–Crippen LogP) is 4.63. The van der Waals surface area contributed by atoms with Crippen LogP contribution in [-0.2, 0) is 10.0 Å². The standard InChI is InChI=1S/C11H8BrF2NO2S3/c12-9-5-6-18-10(9)20(16,17)15-7-1-3-8(4-2-7)19-11(13)14/h1-6,11,15H. The molecular weight excluding hydrogens is 392 g/mol. The first-order chi connectivity index (χ1) is 9.38. The first-order valence-corrected chi connectivity index (χ1v) is 9.23. The highest BCUT2D eigenvalue weighted by atomic mass is 79.9. The number of anilines is 1. The number of halogens is 3. The van der Waals surface area contributed by atoms with E-state index in [1.165, 1.54) is 24.3 Å². The third kappa shape index (κ3) is 3.94. The largest absolute Gasteiger partial charge is 0.288 e. The van der Waals surface area contributed by atoms with Crippen LogP contribution in [0, 0.1) is 0 Å². The van der Waals surface area contributed by atoms with Crippen molar-refractivity contribution in [2.45, 2.75) is 14.9 Å². The molecule has 0 radical (unpaired) electrons. The minimum atomic E-state index is -3.67. The number of sulfonamides is 1. The molecule has 0 bridgehead atoms. The summed E-state index contributed by atoms with van der Waals surface area (Å²) in [4.78, 5) is 0.375. The van der Waals surface area contributed by atoms with Crippen LogP contribution in [0.1, 0.15) is 0 Å². The fourth-order valence-electron chi connectivity index (χ4n) is 1.38. The number of alkyl halides is 2. The molecule has 2 rings (SSSR count). The number of hydrogen-bond donors (Lipinski definition) is 1. The molecule has 108 valence electrons. The van der Waals surface area contributed by atoms with Gasteiger partial charge in [0.25, 0.3) is 15.8 Å². The molecule has 0 aliphatic rings. The normalized spacial score (nSPS) is 11.8. The van der Waals surface area contributed by atoms with Gasteiger partial charge in [0.2, 0.25) is 0 Å². The lowest BCUT2D eigenvalue weighted by Gasteiger charge is -2.07. The molecule has 0 fully saturated rings. The molecular formula is C11H8BrF2NO2S3. The van der Waals surface area contributed by atoms with Gasteiger partial charge in [0.05, 0.1) is 0 Å². The van der Waals surface area contributed by atoms with E-state index in [0.29, 0.717) is 26.8 Å². The number of benzene rings is 1. The highest BCUT2D eigenvalue weighted by molar-refractivity contribution is 9.10. The maximum Gasteiger partial charge on any atom is 0.288 e. The molecule has 2 aromatic rings. The van der Waals surface area contributed by atoms with Gasteiger partial charge in [0.1, 0.15) is 0 Å². The van der Waals surface area contributed by atoms with Crippen molar-refractivity contribution in [2.75, 3.05) is 4.72 Å². The average molecular weight is 400 g/mol. The molecule has 1 heterocycles. The number of thiophene rings is 1. The molecule has 0 atom stereocenters. The summed E-state index contributed by atoms with van der Waals surface area (Å²) < 4.78 is 51.6. The predicted molar refractivity (Wildman–Crippen MR) is 81.1 cm³/mol. The maximum absolute atomic E-state index is 12.2. The van der Waals surface area contributed by atoms with E-state index in [1.54, 1.807) is 11.4 Å². The zero-order valence-corrected chi connectivity index (χ0v) is 13.8. The van der Waals surface area contributed by atoms with E-state index in [4.69, 9.17) is 0 Å². The summed E-state index contributed by atoms with van der Waals surface area (Å²) in [6.07, 6.45) is 0. The molecule has 20 heavy (non-hydrogen) atoms. The Morgan fingerprint density at radius 3 is 2.35 bits per heavy atom. The molecule has 0 saturated carbocycles. The van der Waals surface area contributed by atoms with Gasteiger partial charge in [-0.2, -0.15) is 8.78 Å². The highest BCUT2D eigenvalue weighted by Crippen LogP contribution is 2.30. The van der Waals surface area contributed by atoms with Gasteiger partial charge in [0.15, 0.2) is 4.21 Å². The van der Waals surface area contributed by atoms with Crippen LogP contribution in [0.4, 0.5) is 14.5 Å². The Labute approximate surface area is 131 Å². The van der Waals surface area contributed by atoms with E-state index in [1.807, 2.05) is 0 Å². The van der Waals surface area contributed by atoms with Crippen molar-refractivity contribution in [3.05, 3.63) is 40.2 Å². The summed E-state index contributed by atoms with van der Waals surface area (Å²) in [6, 6.07) is 7.42. The molecule has 0 aliphatic carbocycles. The second-order valence-corrected chi connectivity index (χ2v) is 8.28. The van der Waals surface area contributed by atoms with E-state index in [-0.39, 0.29) is 4.21 Å². The molecule has 9 heteroatoms. The first kappa shape index (κ1) is 15.7. The van der Waals surface area contributed by atoms with Crippen LogP contribution < -0.4 is 4.72 Å². The van der Waals surface area contributed by atoms with E-state index in [2.05, 4.69) is 20.7 Å². The number of rotatable bonds is 5. The molecule has 0 unspecified atom stereocenters. The van der Waals surface area contributed by atoms with Crippen molar-refractivity contribution in [1.29, 1.82) is 0 Å². The Balaban J connectivity index is 2.16. The minimum absolute atomic E-state index is 0.170. The van der Waals surface area contributed by atoms with Gasteiger partial charge in [-0.3, -0.25) is 4.72 Å². The monoisotopic (exact) mass is 399 g/mol. The molecule has 0 aliphatic heterocycles. The molecule has 0 spiro atoms. The van der Waals surface area contributed by atoms with E-state index in [0.717, 1.165) is 11.3 Å². The van der Waals surface area contributed by atoms with Gasteiger partial charge in [0, 0.05) is 15.1 Å². The zero-order chi connectivity index (χ0) is 14.8. The lowest BCUT2D eigenvalue weighted by Crippen LogP contribution is -2.11. The second kappa shape index (κ2) is 6.42. The molecule has 0 amide bonds. The van der Waals surface area contributed by atoms with E-state index < -0.39 is 15.8 Å². The summed E-state index contributed by atoms with van der Waals surface area (Å²) in [5.74, 6) is -2.50. The van der Waals surface area contributed by atoms with Crippen LogP contribution in [0.15, 0.2) is 49.3 Å². The zero-order valence-electron chi connectivity index (χ0n) is 9.72. The quantitative estimate of drug-likeness (QED) is 0.745. The van der Waals surface area contributed by atoms with Crippen molar-refractivity contribution < 1.29 is 17.2 Å². The Hall–Kier alpha value is -0.640. The topological polar surface area (TPSA) is 46.2 Å². The van der Waals surface area contributed by atoms with Crippen LogP contribution in [-0.4, -0.2) is 14.2 Å². The second-order valence-electron chi connectivity index (χ2n) is 3.56. The third-order valence-corrected chi connectivity index (χ3v) is 6.93. The minimum Gasteiger partial charge on any atom is -0.279 e. The lowest BCUT2D eigenvalue weighted by atomic mass is 10.3. The number of nitrogens with one attached hydrogen (secondary N) is 1. The summed E-state index contributed by atoms with van der Waals surface area (Å²) in [5, 5.41) is 1.65. The smallest absolute Gasteiger partial charge is 0.279 e. The van der Waals surface area contributed by atoms with Crippen LogP contribution >= 0.6 is 39.0 Å². The number of thioether (sulfide) groups is 1. The molecule has 1 N–H and O–H groups in total. The summed E-state index contributed by atoms with van der Waals surface area (Å²) in [6.45, 7) is 0. The van der Waals surface area contributed by atoms with Crippen LogP contribution in [0.3, 0.4) is 0 Å². The molecule has 3 nitrogen and oxygen atoms in total. The highest BCUT2D eigenvalue weighted by Gasteiger charge is 2.19. The SMILES string of the molecule is O=S(=O)(Nc1ccc(SC(F)F)cc1)c1sccc1Br. The van der Waals surface area contributed by atoms with Gasteiger partial charge in [-0.25, -0.2) is 8.42 Å². The summed E-state index contributed by atoms with van der Waals surface area (Å²) in [5.41, 5.74) is 0.323. The fourth-order valence-corrected chi connectivity index (χ4v) is 5.27. The molecule has 1 aromatic heterocycles. The van der Waals surface area contributed by atoms with E-state index >= 15 is 0 Å². The van der Waals surface area contributed by atoms with Crippen LogP contribution in [0.2, 0.25) is 0 Å². The van der Waals surface area contributed by atoms with E-state index in [9.17, 15) is 17.2 Å². The van der Waals surface area contributed by atoms with Gasteiger partial charge >= 0.3 is 0 Å². The fraction of sp³-hybridized carbons (Fsp3) is 0.0909. The van der Waals surface area contributed by atoms with Gasteiger partial charge in [-0.1, -0.05) is 11.8 Å². The maximum atomic E-state index is 12.2. The molecule has 1 aromatic carbocycles. The van der Waals surface area contributed by atoms with Crippen LogP contribution in [0.25, 0.3) is 0 Å².